The van der Waals surface area contributed by atoms with Crippen LogP contribution in [0.3, 0.4) is 0 Å². The Balaban J connectivity index is 1.89. The summed E-state index contributed by atoms with van der Waals surface area (Å²) in [5.74, 6) is -2.13. The molecule has 0 spiro atoms. The topological polar surface area (TPSA) is 134 Å². The van der Waals surface area contributed by atoms with Crippen LogP contribution in [-0.2, 0) is 20.8 Å². The molecule has 1 aromatic carbocycles. The first-order valence-corrected chi connectivity index (χ1v) is 9.13. The van der Waals surface area contributed by atoms with Crippen molar-refractivity contribution >= 4 is 34.2 Å². The molecule has 3 rings (SSSR count). The predicted octanol–water partition coefficient (Wildman–Crippen LogP) is 2.65. The third kappa shape index (κ3) is 3.97. The minimum Gasteiger partial charge on any atom is -0.465 e. The fourth-order valence-corrected chi connectivity index (χ4v) is 3.67. The Morgan fingerprint density at radius 2 is 1.76 bits per heavy atom. The van der Waals surface area contributed by atoms with Crippen molar-refractivity contribution in [1.82, 2.24) is 10.2 Å². The molecule has 150 valence electrons. The van der Waals surface area contributed by atoms with Gasteiger partial charge in [0.05, 0.1) is 26.1 Å². The van der Waals surface area contributed by atoms with E-state index in [1.807, 2.05) is 30.3 Å². The molecule has 9 nitrogen and oxygen atoms in total. The SMILES string of the molecule is COC(=O)c1sc(N)c(C(=O)OC)c1COC(=O)c1cn[nH]c1-c1ccccc1. The molecular weight excluding hydrogens is 398 g/mol. The number of nitrogens with zero attached hydrogens (tertiary/aromatic N) is 1. The molecule has 3 aromatic rings. The van der Waals surface area contributed by atoms with Crippen LogP contribution >= 0.6 is 11.3 Å². The van der Waals surface area contributed by atoms with Crippen molar-refractivity contribution in [3.05, 3.63) is 58.1 Å². The van der Waals surface area contributed by atoms with Gasteiger partial charge in [-0.1, -0.05) is 30.3 Å². The van der Waals surface area contributed by atoms with Crippen LogP contribution in [0.4, 0.5) is 5.00 Å². The fourth-order valence-electron chi connectivity index (χ4n) is 2.69. The molecule has 2 aromatic heterocycles. The predicted molar refractivity (Wildman–Crippen MR) is 105 cm³/mol. The molecule has 0 aliphatic rings. The first-order chi connectivity index (χ1) is 14.0. The van der Waals surface area contributed by atoms with Gasteiger partial charge in [-0.25, -0.2) is 14.4 Å². The maximum Gasteiger partial charge on any atom is 0.348 e. The Kier molecular flexibility index (Phi) is 5.93. The molecule has 0 bridgehead atoms. The molecule has 2 heterocycles. The van der Waals surface area contributed by atoms with Crippen LogP contribution in [0.1, 0.15) is 36.0 Å². The van der Waals surface area contributed by atoms with Gasteiger partial charge in [-0.05, 0) is 0 Å². The quantitative estimate of drug-likeness (QED) is 0.464. The zero-order chi connectivity index (χ0) is 21.0. The Morgan fingerprint density at radius 3 is 2.41 bits per heavy atom. The van der Waals surface area contributed by atoms with Crippen molar-refractivity contribution in [1.29, 1.82) is 0 Å². The highest BCUT2D eigenvalue weighted by atomic mass is 32.1. The van der Waals surface area contributed by atoms with Gasteiger partial charge in [0.1, 0.15) is 27.6 Å². The number of hydrogen-bond donors (Lipinski definition) is 2. The highest BCUT2D eigenvalue weighted by Gasteiger charge is 2.28. The second-order valence-electron chi connectivity index (χ2n) is 5.73. The number of rotatable bonds is 6. The lowest BCUT2D eigenvalue weighted by Gasteiger charge is -2.08. The lowest BCUT2D eigenvalue weighted by Crippen LogP contribution is -2.13. The number of aromatic amines is 1. The van der Waals surface area contributed by atoms with Crippen LogP contribution in [0.2, 0.25) is 0 Å². The van der Waals surface area contributed by atoms with E-state index in [0.29, 0.717) is 5.69 Å². The summed E-state index contributed by atoms with van der Waals surface area (Å²) in [7, 11) is 2.38. The number of nitrogens with one attached hydrogen (secondary N) is 1. The van der Waals surface area contributed by atoms with Gasteiger partial charge >= 0.3 is 17.9 Å². The molecule has 0 radical (unpaired) electrons. The number of anilines is 1. The number of thiophene rings is 1. The van der Waals surface area contributed by atoms with E-state index < -0.39 is 17.9 Å². The zero-order valence-corrected chi connectivity index (χ0v) is 16.4. The van der Waals surface area contributed by atoms with Gasteiger partial charge in [0.25, 0.3) is 0 Å². The molecule has 10 heteroatoms. The van der Waals surface area contributed by atoms with E-state index in [1.165, 1.54) is 20.4 Å². The van der Waals surface area contributed by atoms with Crippen molar-refractivity contribution in [2.45, 2.75) is 6.61 Å². The van der Waals surface area contributed by atoms with Crippen LogP contribution in [0.25, 0.3) is 11.3 Å². The number of hydrogen-bond acceptors (Lipinski definition) is 9. The number of nitrogens with two attached hydrogens (primary N) is 1. The molecule has 3 N–H and O–H groups in total. The Morgan fingerprint density at radius 1 is 1.07 bits per heavy atom. The third-order valence-corrected chi connectivity index (χ3v) is 5.11. The standard InChI is InChI=1S/C19H17N3O6S/c1-26-18(24)13-12(15(19(25)27-2)29-16(13)20)9-28-17(23)11-8-21-22-14(11)10-6-4-3-5-7-10/h3-8H,9,20H2,1-2H3,(H,21,22). The summed E-state index contributed by atoms with van der Waals surface area (Å²) < 4.78 is 14.8. The number of ether oxygens (including phenoxy) is 3. The summed E-state index contributed by atoms with van der Waals surface area (Å²) in [6.45, 7) is -0.374. The number of carbonyl (C=O) groups is 3. The second kappa shape index (κ2) is 8.57. The van der Waals surface area contributed by atoms with Crippen LogP contribution in [0, 0.1) is 0 Å². The first kappa shape index (κ1) is 20.1. The second-order valence-corrected chi connectivity index (χ2v) is 6.79. The van der Waals surface area contributed by atoms with Crippen molar-refractivity contribution < 1.29 is 28.6 Å². The number of benzene rings is 1. The van der Waals surface area contributed by atoms with E-state index in [9.17, 15) is 14.4 Å². The first-order valence-electron chi connectivity index (χ1n) is 8.31. The van der Waals surface area contributed by atoms with Gasteiger partial charge in [0.15, 0.2) is 0 Å². The summed E-state index contributed by atoms with van der Waals surface area (Å²) in [6.07, 6.45) is 1.34. The number of H-pyrrole nitrogens is 1. The minimum atomic E-state index is -0.742. The monoisotopic (exact) mass is 415 g/mol. The summed E-state index contributed by atoms with van der Waals surface area (Å²) in [4.78, 5) is 36.8. The zero-order valence-electron chi connectivity index (χ0n) is 15.6. The van der Waals surface area contributed by atoms with Crippen LogP contribution in [-0.4, -0.2) is 42.3 Å². The Bertz CT molecular complexity index is 1060. The van der Waals surface area contributed by atoms with Gasteiger partial charge < -0.3 is 19.9 Å². The van der Waals surface area contributed by atoms with Gasteiger partial charge in [-0.15, -0.1) is 11.3 Å². The summed E-state index contributed by atoms with van der Waals surface area (Å²) in [5.41, 5.74) is 7.42. The largest absolute Gasteiger partial charge is 0.465 e. The Labute approximate surface area is 169 Å². The molecule has 0 saturated carbocycles. The fraction of sp³-hybridized carbons (Fsp3) is 0.158. The number of carbonyl (C=O) groups excluding carboxylic acids is 3. The summed E-state index contributed by atoms with van der Waals surface area (Å²) in [6, 6.07) is 9.13. The van der Waals surface area contributed by atoms with Crippen molar-refractivity contribution in [2.24, 2.45) is 0 Å². The van der Waals surface area contributed by atoms with Gasteiger partial charge in [0, 0.05) is 11.1 Å². The van der Waals surface area contributed by atoms with Crippen LogP contribution in [0.15, 0.2) is 36.5 Å². The lowest BCUT2D eigenvalue weighted by molar-refractivity contribution is 0.0453. The van der Waals surface area contributed by atoms with Crippen molar-refractivity contribution in [3.8, 4) is 11.3 Å². The van der Waals surface area contributed by atoms with E-state index in [0.717, 1.165) is 16.9 Å². The van der Waals surface area contributed by atoms with E-state index >= 15 is 0 Å². The van der Waals surface area contributed by atoms with E-state index in [4.69, 9.17) is 19.9 Å². The van der Waals surface area contributed by atoms with Gasteiger partial charge in [-0.3, -0.25) is 5.10 Å². The molecule has 0 aliphatic carbocycles. The number of aromatic nitrogens is 2. The molecule has 0 fully saturated rings. The van der Waals surface area contributed by atoms with Crippen molar-refractivity contribution in [2.75, 3.05) is 20.0 Å². The van der Waals surface area contributed by atoms with E-state index in [2.05, 4.69) is 10.2 Å². The molecule has 0 atom stereocenters. The normalized spacial score (nSPS) is 10.4. The molecule has 29 heavy (non-hydrogen) atoms. The van der Waals surface area contributed by atoms with Crippen molar-refractivity contribution in [3.63, 3.8) is 0 Å². The Hall–Kier alpha value is -3.66. The molecule has 0 aliphatic heterocycles. The summed E-state index contributed by atoms with van der Waals surface area (Å²) in [5, 5.41) is 6.74. The maximum atomic E-state index is 12.6. The van der Waals surface area contributed by atoms with E-state index in [1.54, 1.807) is 0 Å². The maximum absolute atomic E-state index is 12.6. The number of esters is 3. The smallest absolute Gasteiger partial charge is 0.348 e. The molecular formula is C19H17N3O6S. The highest BCUT2D eigenvalue weighted by molar-refractivity contribution is 7.18. The van der Waals surface area contributed by atoms with E-state index in [-0.39, 0.29) is 33.2 Å². The van der Waals surface area contributed by atoms with Crippen LogP contribution < -0.4 is 5.73 Å². The highest BCUT2D eigenvalue weighted by Crippen LogP contribution is 2.33. The van der Waals surface area contributed by atoms with Gasteiger partial charge in [0.2, 0.25) is 0 Å². The lowest BCUT2D eigenvalue weighted by atomic mass is 10.1. The molecule has 0 amide bonds. The average Bonchev–Trinajstić information content (AvgIpc) is 3.36. The minimum absolute atomic E-state index is 0.0267. The van der Waals surface area contributed by atoms with Gasteiger partial charge in [-0.2, -0.15) is 5.10 Å². The number of nitrogen functional groups attached to an aromatic ring is 1. The molecule has 0 unspecified atom stereocenters. The molecule has 0 saturated heterocycles. The third-order valence-electron chi connectivity index (χ3n) is 4.06. The van der Waals surface area contributed by atoms with Crippen LogP contribution in [0.5, 0.6) is 0 Å². The average molecular weight is 415 g/mol. The summed E-state index contributed by atoms with van der Waals surface area (Å²) >= 11 is 0.859. The number of methoxy groups -OCH3 is 2.